The van der Waals surface area contributed by atoms with E-state index in [1.165, 1.54) is 25.7 Å². The van der Waals surface area contributed by atoms with Gasteiger partial charge in [0.05, 0.1) is 18.3 Å². The van der Waals surface area contributed by atoms with Crippen LogP contribution in [0.15, 0.2) is 0 Å². The maximum atomic E-state index is 9.82. The summed E-state index contributed by atoms with van der Waals surface area (Å²) in [4.78, 5) is 0. The minimum atomic E-state index is -0.405. The second-order valence-electron chi connectivity index (χ2n) is 6.32. The predicted molar refractivity (Wildman–Crippen MR) is 71.1 cm³/mol. The molecule has 0 aromatic carbocycles. The van der Waals surface area contributed by atoms with Crippen molar-refractivity contribution in [1.82, 2.24) is 5.32 Å². The van der Waals surface area contributed by atoms with Crippen LogP contribution in [0.3, 0.4) is 0 Å². The Kier molecular flexibility index (Phi) is 5.90. The lowest BCUT2D eigenvalue weighted by Crippen LogP contribution is -2.40. The van der Waals surface area contributed by atoms with E-state index in [-0.39, 0.29) is 5.60 Å². The van der Waals surface area contributed by atoms with E-state index in [0.29, 0.717) is 19.2 Å². The van der Waals surface area contributed by atoms with Crippen molar-refractivity contribution in [2.75, 3.05) is 13.2 Å². The zero-order valence-electron chi connectivity index (χ0n) is 11.8. The quantitative estimate of drug-likeness (QED) is 0.752. The highest BCUT2D eigenvalue weighted by Crippen LogP contribution is 2.27. The summed E-state index contributed by atoms with van der Waals surface area (Å²) in [7, 11) is 0. The van der Waals surface area contributed by atoms with E-state index < -0.39 is 6.10 Å². The number of ether oxygens (including phenoxy) is 1. The van der Waals surface area contributed by atoms with Crippen LogP contribution in [0, 0.1) is 5.92 Å². The second-order valence-corrected chi connectivity index (χ2v) is 6.32. The standard InChI is InChI=1S/C14H29NO2/c1-11(12-7-5-6-8-12)15-9-13(16)10-17-14(2,3)4/h11-13,15-16H,5-10H2,1-4H3/t11-,13?/m0/s1. The van der Waals surface area contributed by atoms with Crippen LogP contribution in [0.25, 0.3) is 0 Å². The molecule has 0 bridgehead atoms. The summed E-state index contributed by atoms with van der Waals surface area (Å²) in [5.41, 5.74) is -0.169. The molecule has 1 rings (SSSR count). The molecule has 0 aliphatic heterocycles. The van der Waals surface area contributed by atoms with Crippen LogP contribution < -0.4 is 5.32 Å². The maximum absolute atomic E-state index is 9.82. The van der Waals surface area contributed by atoms with Crippen LogP contribution in [0.5, 0.6) is 0 Å². The first kappa shape index (κ1) is 14.9. The molecule has 1 fully saturated rings. The van der Waals surface area contributed by atoms with Crippen LogP contribution in [0.1, 0.15) is 53.4 Å². The van der Waals surface area contributed by atoms with Gasteiger partial charge in [-0.05, 0) is 46.5 Å². The summed E-state index contributed by atoms with van der Waals surface area (Å²) in [6.45, 7) is 9.30. The van der Waals surface area contributed by atoms with Crippen LogP contribution in [0.4, 0.5) is 0 Å². The third-order valence-electron chi connectivity index (χ3n) is 3.49. The summed E-state index contributed by atoms with van der Waals surface area (Å²) < 4.78 is 5.56. The second kappa shape index (κ2) is 6.72. The van der Waals surface area contributed by atoms with Gasteiger partial charge in [0, 0.05) is 12.6 Å². The molecule has 3 heteroatoms. The summed E-state index contributed by atoms with van der Waals surface area (Å²) in [6.07, 6.45) is 5.00. The third-order valence-corrected chi connectivity index (χ3v) is 3.49. The summed E-state index contributed by atoms with van der Waals surface area (Å²) in [5.74, 6) is 0.797. The average Bonchev–Trinajstić information content (AvgIpc) is 2.75. The number of rotatable bonds is 6. The lowest BCUT2D eigenvalue weighted by Gasteiger charge is -2.25. The van der Waals surface area contributed by atoms with E-state index in [1.54, 1.807) is 0 Å². The fourth-order valence-electron chi connectivity index (χ4n) is 2.35. The molecule has 102 valence electrons. The smallest absolute Gasteiger partial charge is 0.0898 e. The third kappa shape index (κ3) is 6.39. The molecule has 0 radical (unpaired) electrons. The molecule has 3 nitrogen and oxygen atoms in total. The van der Waals surface area contributed by atoms with Crippen molar-refractivity contribution < 1.29 is 9.84 Å². The Balaban J connectivity index is 2.12. The predicted octanol–water partition coefficient (Wildman–Crippen LogP) is 2.33. The first-order chi connectivity index (χ1) is 7.88. The summed E-state index contributed by atoms with van der Waals surface area (Å²) >= 11 is 0. The first-order valence-corrected chi connectivity index (χ1v) is 6.94. The molecular formula is C14H29NO2. The topological polar surface area (TPSA) is 41.5 Å². The van der Waals surface area contributed by atoms with Crippen LogP contribution in [-0.4, -0.2) is 36.0 Å². The highest BCUT2D eigenvalue weighted by molar-refractivity contribution is 4.78. The van der Waals surface area contributed by atoms with Crippen molar-refractivity contribution in [1.29, 1.82) is 0 Å². The Morgan fingerprint density at radius 1 is 1.29 bits per heavy atom. The molecule has 17 heavy (non-hydrogen) atoms. The fraction of sp³-hybridized carbons (Fsp3) is 1.00. The van der Waals surface area contributed by atoms with Crippen LogP contribution in [0.2, 0.25) is 0 Å². The summed E-state index contributed by atoms with van der Waals surface area (Å²) in [5, 5.41) is 13.2. The average molecular weight is 243 g/mol. The molecule has 1 unspecified atom stereocenters. The van der Waals surface area contributed by atoms with Crippen LogP contribution in [-0.2, 0) is 4.74 Å². The fourth-order valence-corrected chi connectivity index (χ4v) is 2.35. The van der Waals surface area contributed by atoms with E-state index in [4.69, 9.17) is 4.74 Å². The van der Waals surface area contributed by atoms with Crippen molar-refractivity contribution in [3.05, 3.63) is 0 Å². The molecule has 1 aliphatic carbocycles. The molecule has 1 saturated carbocycles. The maximum Gasteiger partial charge on any atom is 0.0898 e. The first-order valence-electron chi connectivity index (χ1n) is 6.94. The zero-order valence-corrected chi connectivity index (χ0v) is 11.8. The Hall–Kier alpha value is -0.120. The van der Waals surface area contributed by atoms with Gasteiger partial charge in [-0.1, -0.05) is 12.8 Å². The number of aliphatic hydroxyl groups excluding tert-OH is 1. The van der Waals surface area contributed by atoms with Gasteiger partial charge in [-0.2, -0.15) is 0 Å². The number of nitrogens with one attached hydrogen (secondary N) is 1. The highest BCUT2D eigenvalue weighted by atomic mass is 16.5. The minimum Gasteiger partial charge on any atom is -0.389 e. The van der Waals surface area contributed by atoms with Crippen molar-refractivity contribution >= 4 is 0 Å². The van der Waals surface area contributed by atoms with Gasteiger partial charge in [0.25, 0.3) is 0 Å². The molecule has 0 spiro atoms. The molecule has 0 heterocycles. The van der Waals surface area contributed by atoms with E-state index >= 15 is 0 Å². The Morgan fingerprint density at radius 3 is 2.41 bits per heavy atom. The Labute approximate surface area is 106 Å². The monoisotopic (exact) mass is 243 g/mol. The van der Waals surface area contributed by atoms with Crippen molar-refractivity contribution in [3.63, 3.8) is 0 Å². The molecule has 0 aromatic heterocycles. The van der Waals surface area contributed by atoms with E-state index in [2.05, 4.69) is 12.2 Å². The highest BCUT2D eigenvalue weighted by Gasteiger charge is 2.22. The van der Waals surface area contributed by atoms with Gasteiger partial charge in [0.1, 0.15) is 0 Å². The molecule has 0 amide bonds. The number of hydrogen-bond donors (Lipinski definition) is 2. The molecular weight excluding hydrogens is 214 g/mol. The van der Waals surface area contributed by atoms with Crippen molar-refractivity contribution in [2.45, 2.75) is 71.1 Å². The van der Waals surface area contributed by atoms with E-state index in [9.17, 15) is 5.11 Å². The van der Waals surface area contributed by atoms with Gasteiger partial charge >= 0.3 is 0 Å². The lowest BCUT2D eigenvalue weighted by molar-refractivity contribution is -0.0485. The van der Waals surface area contributed by atoms with Crippen LogP contribution >= 0.6 is 0 Å². The van der Waals surface area contributed by atoms with Crippen molar-refractivity contribution in [3.8, 4) is 0 Å². The van der Waals surface area contributed by atoms with Gasteiger partial charge in [-0.3, -0.25) is 0 Å². The zero-order chi connectivity index (χ0) is 12.9. The molecule has 0 aromatic rings. The normalized spacial score (nSPS) is 21.7. The summed E-state index contributed by atoms with van der Waals surface area (Å²) in [6, 6.07) is 0.516. The van der Waals surface area contributed by atoms with Gasteiger partial charge in [-0.15, -0.1) is 0 Å². The Morgan fingerprint density at radius 2 is 1.88 bits per heavy atom. The van der Waals surface area contributed by atoms with Gasteiger partial charge in [0.15, 0.2) is 0 Å². The van der Waals surface area contributed by atoms with E-state index in [1.807, 2.05) is 20.8 Å². The molecule has 1 aliphatic rings. The van der Waals surface area contributed by atoms with E-state index in [0.717, 1.165) is 5.92 Å². The number of aliphatic hydroxyl groups is 1. The lowest BCUT2D eigenvalue weighted by atomic mass is 10.00. The van der Waals surface area contributed by atoms with Gasteiger partial charge in [-0.25, -0.2) is 0 Å². The van der Waals surface area contributed by atoms with Gasteiger partial charge in [0.2, 0.25) is 0 Å². The van der Waals surface area contributed by atoms with Gasteiger partial charge < -0.3 is 15.2 Å². The minimum absolute atomic E-state index is 0.169. The Bertz CT molecular complexity index is 207. The molecule has 2 atom stereocenters. The SMILES string of the molecule is C[C@H](NCC(O)COC(C)(C)C)C1CCCC1. The van der Waals surface area contributed by atoms with Crippen molar-refractivity contribution in [2.24, 2.45) is 5.92 Å². The largest absolute Gasteiger partial charge is 0.389 e. The number of hydrogen-bond acceptors (Lipinski definition) is 3. The molecule has 2 N–H and O–H groups in total. The molecule has 0 saturated heterocycles.